The van der Waals surface area contributed by atoms with Crippen molar-refractivity contribution in [3.63, 3.8) is 0 Å². The van der Waals surface area contributed by atoms with Crippen LogP contribution < -0.4 is 15.3 Å². The molecule has 0 N–H and O–H groups in total. The number of aryl methyl sites for hydroxylation is 1. The number of halogens is 3. The quantitative estimate of drug-likeness (QED) is 0.564. The molecule has 1 aromatic heterocycles. The van der Waals surface area contributed by atoms with Crippen molar-refractivity contribution >= 4 is 39.9 Å². The number of rotatable bonds is 2. The fourth-order valence-electron chi connectivity index (χ4n) is 3.19. The van der Waals surface area contributed by atoms with Gasteiger partial charge in [0.05, 0.1) is 22.2 Å². The van der Waals surface area contributed by atoms with E-state index in [9.17, 15) is 9.18 Å². The highest BCUT2D eigenvalue weighted by molar-refractivity contribution is 6.33. The molecule has 0 radical (unpaired) electrons. The molecule has 2 heterocycles. The molecule has 0 aliphatic carbocycles. The molecular weight excluding hydrogens is 380 g/mol. The van der Waals surface area contributed by atoms with Crippen molar-refractivity contribution in [2.45, 2.75) is 19.9 Å². The van der Waals surface area contributed by atoms with Gasteiger partial charge in [0, 0.05) is 17.1 Å². The zero-order chi connectivity index (χ0) is 18.4. The van der Waals surface area contributed by atoms with E-state index in [1.807, 2.05) is 11.8 Å². The lowest BCUT2D eigenvalue weighted by molar-refractivity contribution is 0.289. The van der Waals surface area contributed by atoms with E-state index in [0.29, 0.717) is 40.6 Å². The summed E-state index contributed by atoms with van der Waals surface area (Å²) in [5.74, 6) is 0.0147. The first-order valence-electron chi connectivity index (χ1n) is 8.09. The lowest BCUT2D eigenvalue weighted by atomic mass is 10.0. The largest absolute Gasteiger partial charge is 0.471 e. The van der Waals surface area contributed by atoms with Crippen molar-refractivity contribution in [3.8, 4) is 5.75 Å². The second-order valence-corrected chi connectivity index (χ2v) is 6.87. The molecule has 4 nitrogen and oxygen atoms in total. The van der Waals surface area contributed by atoms with Gasteiger partial charge in [0.1, 0.15) is 17.1 Å². The minimum absolute atomic E-state index is 0.0315. The van der Waals surface area contributed by atoms with Crippen LogP contribution in [0.3, 0.4) is 0 Å². The van der Waals surface area contributed by atoms with Crippen molar-refractivity contribution in [3.05, 3.63) is 67.7 Å². The van der Waals surface area contributed by atoms with Gasteiger partial charge < -0.3 is 14.1 Å². The zero-order valence-corrected chi connectivity index (χ0v) is 15.3. The molecule has 4 rings (SSSR count). The van der Waals surface area contributed by atoms with E-state index in [4.69, 9.17) is 32.4 Å². The summed E-state index contributed by atoms with van der Waals surface area (Å²) in [5, 5.41) is 1.29. The lowest BCUT2D eigenvalue weighted by Gasteiger charge is -2.31. The minimum atomic E-state index is -0.485. The summed E-state index contributed by atoms with van der Waals surface area (Å²) in [6, 6.07) is 7.70. The van der Waals surface area contributed by atoms with Crippen molar-refractivity contribution in [2.24, 2.45) is 0 Å². The predicted molar refractivity (Wildman–Crippen MR) is 100.0 cm³/mol. The van der Waals surface area contributed by atoms with Crippen LogP contribution in [0.2, 0.25) is 10.0 Å². The highest BCUT2D eigenvalue weighted by Crippen LogP contribution is 2.40. The molecule has 0 spiro atoms. The fraction of sp³-hybridized carbons (Fsp3) is 0.211. The van der Waals surface area contributed by atoms with Gasteiger partial charge in [-0.1, -0.05) is 30.1 Å². The first-order chi connectivity index (χ1) is 12.5. The topological polar surface area (TPSA) is 42.7 Å². The summed E-state index contributed by atoms with van der Waals surface area (Å²) in [7, 11) is 0. The average molecular weight is 394 g/mol. The van der Waals surface area contributed by atoms with E-state index in [-0.39, 0.29) is 11.8 Å². The molecule has 0 amide bonds. The molecule has 0 atom stereocenters. The molecule has 0 unspecified atom stereocenters. The predicted octanol–water partition coefficient (Wildman–Crippen LogP) is 5.16. The number of hydrogen-bond donors (Lipinski definition) is 0. The van der Waals surface area contributed by atoms with Crippen LogP contribution in [-0.4, -0.2) is 6.73 Å². The second-order valence-electron chi connectivity index (χ2n) is 6.06. The highest BCUT2D eigenvalue weighted by atomic mass is 35.5. The summed E-state index contributed by atoms with van der Waals surface area (Å²) in [6.07, 6.45) is 0.676. The summed E-state index contributed by atoms with van der Waals surface area (Å²) >= 11 is 12.3. The van der Waals surface area contributed by atoms with Gasteiger partial charge in [0.15, 0.2) is 6.73 Å². The fourth-order valence-corrected chi connectivity index (χ4v) is 3.64. The van der Waals surface area contributed by atoms with Gasteiger partial charge >= 0.3 is 5.63 Å². The van der Waals surface area contributed by atoms with E-state index >= 15 is 0 Å². The molecule has 0 saturated carbocycles. The Labute approximate surface area is 158 Å². The standard InChI is InChI=1S/C19H14Cl2FNO3/c1-2-10-5-17(24)26-18-12(10)7-15(21)19-13(18)8-23(9-25-19)11-3-4-16(22)14(20)6-11/h3-7H,2,8-9H2,1H3. The van der Waals surface area contributed by atoms with Crippen LogP contribution in [0.4, 0.5) is 10.1 Å². The Bertz CT molecular complexity index is 1080. The van der Waals surface area contributed by atoms with Crippen LogP contribution in [-0.2, 0) is 13.0 Å². The van der Waals surface area contributed by atoms with E-state index in [2.05, 4.69) is 0 Å². The number of hydrogen-bond acceptors (Lipinski definition) is 4. The number of benzene rings is 2. The molecule has 0 saturated heterocycles. The summed E-state index contributed by atoms with van der Waals surface area (Å²) in [6.45, 7) is 2.58. The van der Waals surface area contributed by atoms with Gasteiger partial charge in [0.2, 0.25) is 0 Å². The summed E-state index contributed by atoms with van der Waals surface area (Å²) < 4.78 is 24.7. The monoisotopic (exact) mass is 393 g/mol. The first-order valence-corrected chi connectivity index (χ1v) is 8.84. The van der Waals surface area contributed by atoms with Crippen LogP contribution in [0.15, 0.2) is 39.5 Å². The number of fused-ring (bicyclic) bond motifs is 3. The van der Waals surface area contributed by atoms with E-state index in [0.717, 1.165) is 10.9 Å². The minimum Gasteiger partial charge on any atom is -0.471 e. The SMILES string of the molecule is CCc1cc(=O)oc2c3c(c(Cl)cc12)OCN(c1ccc(F)c(Cl)c1)C3. The van der Waals surface area contributed by atoms with Crippen molar-refractivity contribution < 1.29 is 13.5 Å². The van der Waals surface area contributed by atoms with Gasteiger partial charge in [-0.15, -0.1) is 0 Å². The molecule has 1 aliphatic rings. The van der Waals surface area contributed by atoms with Crippen molar-refractivity contribution in [1.29, 1.82) is 0 Å². The van der Waals surface area contributed by atoms with Crippen molar-refractivity contribution in [1.82, 2.24) is 0 Å². The Morgan fingerprint density at radius 3 is 2.73 bits per heavy atom. The van der Waals surface area contributed by atoms with Gasteiger partial charge in [-0.3, -0.25) is 0 Å². The van der Waals surface area contributed by atoms with Gasteiger partial charge in [-0.2, -0.15) is 0 Å². The Morgan fingerprint density at radius 1 is 1.19 bits per heavy atom. The van der Waals surface area contributed by atoms with Crippen LogP contribution in [0.1, 0.15) is 18.1 Å². The molecule has 134 valence electrons. The zero-order valence-electron chi connectivity index (χ0n) is 13.8. The normalized spacial score (nSPS) is 13.6. The molecular formula is C19H14Cl2FNO3. The molecule has 26 heavy (non-hydrogen) atoms. The Kier molecular flexibility index (Phi) is 4.29. The third-order valence-electron chi connectivity index (χ3n) is 4.48. The van der Waals surface area contributed by atoms with Gasteiger partial charge in [-0.05, 0) is 36.2 Å². The third kappa shape index (κ3) is 2.81. The highest BCUT2D eigenvalue weighted by Gasteiger charge is 2.25. The molecule has 1 aliphatic heterocycles. The summed E-state index contributed by atoms with van der Waals surface area (Å²) in [4.78, 5) is 13.8. The first kappa shape index (κ1) is 17.2. The molecule has 0 bridgehead atoms. The van der Waals surface area contributed by atoms with E-state index < -0.39 is 11.4 Å². The summed E-state index contributed by atoms with van der Waals surface area (Å²) in [5.41, 5.74) is 2.30. The van der Waals surface area contributed by atoms with Crippen LogP contribution in [0, 0.1) is 5.82 Å². The smallest absolute Gasteiger partial charge is 0.336 e. The molecule has 2 aromatic carbocycles. The third-order valence-corrected chi connectivity index (χ3v) is 5.05. The van der Waals surface area contributed by atoms with Crippen LogP contribution >= 0.6 is 23.2 Å². The van der Waals surface area contributed by atoms with Crippen LogP contribution in [0.5, 0.6) is 5.75 Å². The number of ether oxygens (including phenoxy) is 1. The number of nitrogens with zero attached hydrogens (tertiary/aromatic N) is 1. The van der Waals surface area contributed by atoms with E-state index in [1.54, 1.807) is 12.1 Å². The maximum absolute atomic E-state index is 13.4. The Morgan fingerprint density at radius 2 is 2.00 bits per heavy atom. The van der Waals surface area contributed by atoms with Gasteiger partial charge in [0.25, 0.3) is 0 Å². The average Bonchev–Trinajstić information content (AvgIpc) is 2.64. The molecule has 3 aromatic rings. The van der Waals surface area contributed by atoms with E-state index in [1.165, 1.54) is 18.2 Å². The number of anilines is 1. The lowest BCUT2D eigenvalue weighted by Crippen LogP contribution is -2.32. The molecule has 0 fully saturated rings. The Hall–Kier alpha value is -2.24. The molecule has 7 heteroatoms. The van der Waals surface area contributed by atoms with Crippen LogP contribution in [0.25, 0.3) is 11.0 Å². The van der Waals surface area contributed by atoms with Gasteiger partial charge in [-0.25, -0.2) is 9.18 Å². The maximum atomic E-state index is 13.4. The van der Waals surface area contributed by atoms with Crippen molar-refractivity contribution in [2.75, 3.05) is 11.6 Å². The Balaban J connectivity index is 1.87. The maximum Gasteiger partial charge on any atom is 0.336 e. The second kappa shape index (κ2) is 6.49.